The molecule has 116 valence electrons. The van der Waals surface area contributed by atoms with Crippen LogP contribution in [0.2, 0.25) is 0 Å². The highest BCUT2D eigenvalue weighted by atomic mass is 32.1. The fourth-order valence-corrected chi connectivity index (χ4v) is 2.91. The molecular formula is C15H17N3O3S. The second kappa shape index (κ2) is 6.23. The number of rotatable bonds is 2. The van der Waals surface area contributed by atoms with E-state index in [0.717, 1.165) is 22.8 Å². The highest BCUT2D eigenvalue weighted by molar-refractivity contribution is 7.13. The van der Waals surface area contributed by atoms with Crippen LogP contribution in [0.25, 0.3) is 0 Å². The number of anilines is 1. The Hall–Kier alpha value is -2.28. The molecule has 2 heterocycles. The number of benzene rings is 1. The second-order valence-corrected chi connectivity index (χ2v) is 5.83. The topological polar surface area (TPSA) is 63.7 Å². The molecule has 0 unspecified atom stereocenters. The van der Waals surface area contributed by atoms with Gasteiger partial charge >= 0.3 is 6.03 Å². The molecule has 0 spiro atoms. The fourth-order valence-electron chi connectivity index (χ4n) is 2.23. The van der Waals surface area contributed by atoms with Gasteiger partial charge in [0.15, 0.2) is 5.13 Å². The summed E-state index contributed by atoms with van der Waals surface area (Å²) in [6, 6.07) is 5.48. The SMILES string of the molecule is COc1ccc2c(c1)OCCN(C(=O)Nc1nc(C)cs1)C2. The van der Waals surface area contributed by atoms with Gasteiger partial charge in [0.1, 0.15) is 18.1 Å². The van der Waals surface area contributed by atoms with Crippen LogP contribution in [0.15, 0.2) is 23.6 Å². The molecule has 2 amide bonds. The van der Waals surface area contributed by atoms with Crippen LogP contribution in [-0.2, 0) is 6.54 Å². The van der Waals surface area contributed by atoms with Crippen LogP contribution in [0.1, 0.15) is 11.3 Å². The number of thiazole rings is 1. The smallest absolute Gasteiger partial charge is 0.324 e. The first-order valence-corrected chi connectivity index (χ1v) is 7.81. The van der Waals surface area contributed by atoms with Crippen molar-refractivity contribution < 1.29 is 14.3 Å². The summed E-state index contributed by atoms with van der Waals surface area (Å²) in [5.41, 5.74) is 1.86. The van der Waals surface area contributed by atoms with Gasteiger partial charge in [-0.2, -0.15) is 0 Å². The van der Waals surface area contributed by atoms with E-state index < -0.39 is 0 Å². The molecule has 1 aromatic carbocycles. The molecule has 0 radical (unpaired) electrons. The van der Waals surface area contributed by atoms with Crippen molar-refractivity contribution in [2.75, 3.05) is 25.6 Å². The predicted octanol–water partition coefficient (Wildman–Crippen LogP) is 2.89. The van der Waals surface area contributed by atoms with E-state index in [9.17, 15) is 4.79 Å². The minimum absolute atomic E-state index is 0.165. The van der Waals surface area contributed by atoms with E-state index >= 15 is 0 Å². The molecular weight excluding hydrogens is 302 g/mol. The Kier molecular flexibility index (Phi) is 4.15. The molecule has 1 aromatic heterocycles. The molecule has 1 N–H and O–H groups in total. The maximum Gasteiger partial charge on any atom is 0.324 e. The normalized spacial score (nSPS) is 13.8. The Balaban J connectivity index is 1.73. The van der Waals surface area contributed by atoms with Crippen molar-refractivity contribution in [1.82, 2.24) is 9.88 Å². The number of methoxy groups -OCH3 is 1. The Morgan fingerprint density at radius 2 is 2.36 bits per heavy atom. The lowest BCUT2D eigenvalue weighted by molar-refractivity contribution is 0.200. The third-order valence-corrected chi connectivity index (χ3v) is 4.25. The van der Waals surface area contributed by atoms with Crippen molar-refractivity contribution in [3.8, 4) is 11.5 Å². The molecule has 0 saturated heterocycles. The molecule has 7 heteroatoms. The minimum atomic E-state index is -0.165. The van der Waals surface area contributed by atoms with Crippen molar-refractivity contribution in [3.63, 3.8) is 0 Å². The average Bonchev–Trinajstić information content (AvgIpc) is 2.81. The number of hydrogen-bond donors (Lipinski definition) is 1. The van der Waals surface area contributed by atoms with Crippen molar-refractivity contribution >= 4 is 22.5 Å². The van der Waals surface area contributed by atoms with E-state index in [1.165, 1.54) is 11.3 Å². The summed E-state index contributed by atoms with van der Waals surface area (Å²) in [6.07, 6.45) is 0. The first-order valence-electron chi connectivity index (χ1n) is 6.93. The molecule has 0 fully saturated rings. The number of urea groups is 1. The van der Waals surface area contributed by atoms with Crippen LogP contribution >= 0.6 is 11.3 Å². The van der Waals surface area contributed by atoms with Gasteiger partial charge in [-0.05, 0) is 19.1 Å². The second-order valence-electron chi connectivity index (χ2n) is 4.97. The number of fused-ring (bicyclic) bond motifs is 1. The molecule has 1 aliphatic rings. The number of amides is 2. The van der Waals surface area contributed by atoms with Gasteiger partial charge in [0.25, 0.3) is 0 Å². The monoisotopic (exact) mass is 319 g/mol. The van der Waals surface area contributed by atoms with Gasteiger partial charge in [-0.15, -0.1) is 11.3 Å². The zero-order valence-electron chi connectivity index (χ0n) is 12.5. The standard InChI is InChI=1S/C15H17N3O3S/c1-10-9-22-14(16-10)17-15(19)18-5-6-21-13-7-12(20-2)4-3-11(13)8-18/h3-4,7,9H,5-6,8H2,1-2H3,(H,16,17,19). The van der Waals surface area contributed by atoms with E-state index in [1.807, 2.05) is 30.5 Å². The summed E-state index contributed by atoms with van der Waals surface area (Å²) in [6.45, 7) is 3.36. The lowest BCUT2D eigenvalue weighted by Crippen LogP contribution is -2.36. The largest absolute Gasteiger partial charge is 0.497 e. The summed E-state index contributed by atoms with van der Waals surface area (Å²) in [4.78, 5) is 18.3. The fraction of sp³-hybridized carbons (Fsp3) is 0.333. The van der Waals surface area contributed by atoms with Crippen LogP contribution < -0.4 is 14.8 Å². The van der Waals surface area contributed by atoms with Crippen LogP contribution in [0.3, 0.4) is 0 Å². The summed E-state index contributed by atoms with van der Waals surface area (Å²) in [5.74, 6) is 1.51. The van der Waals surface area contributed by atoms with Crippen LogP contribution in [0.5, 0.6) is 11.5 Å². The first-order chi connectivity index (χ1) is 10.7. The number of hydrogen-bond acceptors (Lipinski definition) is 5. The molecule has 0 saturated carbocycles. The first kappa shape index (κ1) is 14.6. The molecule has 3 rings (SSSR count). The highest BCUT2D eigenvalue weighted by Crippen LogP contribution is 2.28. The van der Waals surface area contributed by atoms with Crippen molar-refractivity contribution in [3.05, 3.63) is 34.8 Å². The Morgan fingerprint density at radius 3 is 3.09 bits per heavy atom. The van der Waals surface area contributed by atoms with Gasteiger partial charge in [-0.25, -0.2) is 9.78 Å². The molecule has 0 bridgehead atoms. The summed E-state index contributed by atoms with van der Waals surface area (Å²) in [7, 11) is 1.62. The Morgan fingerprint density at radius 1 is 1.50 bits per heavy atom. The van der Waals surface area contributed by atoms with Crippen LogP contribution in [0, 0.1) is 6.92 Å². The summed E-state index contributed by atoms with van der Waals surface area (Å²) >= 11 is 1.42. The zero-order valence-corrected chi connectivity index (χ0v) is 13.3. The predicted molar refractivity (Wildman–Crippen MR) is 84.8 cm³/mol. The lowest BCUT2D eigenvalue weighted by atomic mass is 10.2. The molecule has 2 aromatic rings. The van der Waals surface area contributed by atoms with Crippen molar-refractivity contribution in [2.24, 2.45) is 0 Å². The number of carbonyl (C=O) groups is 1. The van der Waals surface area contributed by atoms with E-state index in [1.54, 1.807) is 12.0 Å². The maximum atomic E-state index is 12.4. The summed E-state index contributed by atoms with van der Waals surface area (Å²) in [5, 5.41) is 5.35. The molecule has 0 aliphatic carbocycles. The van der Waals surface area contributed by atoms with Crippen LogP contribution in [-0.4, -0.2) is 36.2 Å². The number of nitrogens with one attached hydrogen (secondary N) is 1. The van der Waals surface area contributed by atoms with Crippen LogP contribution in [0.4, 0.5) is 9.93 Å². The minimum Gasteiger partial charge on any atom is -0.497 e. The summed E-state index contributed by atoms with van der Waals surface area (Å²) < 4.78 is 10.9. The number of aryl methyl sites for hydroxylation is 1. The lowest BCUT2D eigenvalue weighted by Gasteiger charge is -2.19. The van der Waals surface area contributed by atoms with Gasteiger partial charge in [0, 0.05) is 17.0 Å². The molecule has 6 nitrogen and oxygen atoms in total. The van der Waals surface area contributed by atoms with E-state index in [4.69, 9.17) is 9.47 Å². The highest BCUT2D eigenvalue weighted by Gasteiger charge is 2.21. The molecule has 22 heavy (non-hydrogen) atoms. The van der Waals surface area contributed by atoms with E-state index in [2.05, 4.69) is 10.3 Å². The number of ether oxygens (including phenoxy) is 2. The third kappa shape index (κ3) is 3.14. The van der Waals surface area contributed by atoms with Gasteiger partial charge in [0.2, 0.25) is 0 Å². The van der Waals surface area contributed by atoms with E-state index in [0.29, 0.717) is 24.8 Å². The maximum absolute atomic E-state index is 12.4. The third-order valence-electron chi connectivity index (χ3n) is 3.37. The van der Waals surface area contributed by atoms with Gasteiger partial charge in [0.05, 0.1) is 25.9 Å². The van der Waals surface area contributed by atoms with Gasteiger partial charge in [-0.3, -0.25) is 5.32 Å². The quantitative estimate of drug-likeness (QED) is 0.924. The Labute approximate surface area is 132 Å². The number of nitrogens with zero attached hydrogens (tertiary/aromatic N) is 2. The van der Waals surface area contributed by atoms with Crippen molar-refractivity contribution in [2.45, 2.75) is 13.5 Å². The zero-order chi connectivity index (χ0) is 15.5. The molecule has 0 atom stereocenters. The van der Waals surface area contributed by atoms with Crippen molar-refractivity contribution in [1.29, 1.82) is 0 Å². The number of carbonyl (C=O) groups excluding carboxylic acids is 1. The van der Waals surface area contributed by atoms with Gasteiger partial charge < -0.3 is 14.4 Å². The van der Waals surface area contributed by atoms with Gasteiger partial charge in [-0.1, -0.05) is 0 Å². The molecule has 1 aliphatic heterocycles. The average molecular weight is 319 g/mol. The Bertz CT molecular complexity index is 686. The number of aromatic nitrogens is 1. The van der Waals surface area contributed by atoms with E-state index in [-0.39, 0.29) is 6.03 Å².